The average Bonchev–Trinajstić information content (AvgIpc) is 3.25. The van der Waals surface area contributed by atoms with Gasteiger partial charge in [0.1, 0.15) is 18.1 Å². The largest absolute Gasteiger partial charge is 0.486 e. The molecule has 1 aliphatic rings. The van der Waals surface area contributed by atoms with Crippen molar-refractivity contribution in [3.63, 3.8) is 0 Å². The summed E-state index contributed by atoms with van der Waals surface area (Å²) < 4.78 is 11.1. The van der Waals surface area contributed by atoms with Crippen LogP contribution in [0.4, 0.5) is 0 Å². The lowest BCUT2D eigenvalue weighted by atomic mass is 9.92. The van der Waals surface area contributed by atoms with Gasteiger partial charge in [0.25, 0.3) is 5.89 Å². The predicted octanol–water partition coefficient (Wildman–Crippen LogP) is 1.17. The molecule has 1 unspecified atom stereocenters. The molecule has 3 heterocycles. The maximum atomic E-state index is 13.1. The lowest BCUT2D eigenvalue weighted by Gasteiger charge is -2.34. The van der Waals surface area contributed by atoms with Gasteiger partial charge in [0.15, 0.2) is 5.54 Å². The third-order valence-electron chi connectivity index (χ3n) is 4.39. The first-order valence-electron chi connectivity index (χ1n) is 8.70. The molecular weight excluding hydrogens is 346 g/mol. The molecular formula is C19H19N5O3. The molecule has 4 rings (SSSR count). The maximum Gasteiger partial charge on any atom is 0.256 e. The van der Waals surface area contributed by atoms with Crippen LogP contribution in [0.1, 0.15) is 5.89 Å². The number of carbonyl (C=O) groups excluding carboxylic acids is 1. The van der Waals surface area contributed by atoms with E-state index in [1.54, 1.807) is 24.4 Å². The van der Waals surface area contributed by atoms with Crippen molar-refractivity contribution in [3.05, 3.63) is 60.6 Å². The Morgan fingerprint density at radius 3 is 2.74 bits per heavy atom. The summed E-state index contributed by atoms with van der Waals surface area (Å²) in [7, 11) is 0. The summed E-state index contributed by atoms with van der Waals surface area (Å²) in [5, 5.41) is 10.5. The van der Waals surface area contributed by atoms with Gasteiger partial charge in [0, 0.05) is 25.8 Å². The van der Waals surface area contributed by atoms with Crippen LogP contribution in [0.2, 0.25) is 0 Å². The highest BCUT2D eigenvalue weighted by atomic mass is 16.5. The molecule has 0 radical (unpaired) electrons. The number of ketones is 1. The molecule has 27 heavy (non-hydrogen) atoms. The molecule has 2 aromatic heterocycles. The number of piperazine rings is 1. The summed E-state index contributed by atoms with van der Waals surface area (Å²) in [5.41, 5.74) is -0.549. The second kappa shape index (κ2) is 7.65. The van der Waals surface area contributed by atoms with Crippen molar-refractivity contribution in [2.45, 2.75) is 5.54 Å². The predicted molar refractivity (Wildman–Crippen MR) is 97.0 cm³/mol. The van der Waals surface area contributed by atoms with Crippen molar-refractivity contribution in [3.8, 4) is 17.3 Å². The molecule has 0 saturated carbocycles. The van der Waals surface area contributed by atoms with Crippen molar-refractivity contribution in [2.24, 2.45) is 0 Å². The van der Waals surface area contributed by atoms with E-state index in [1.807, 2.05) is 30.3 Å². The topological polar surface area (TPSA) is 102 Å². The Labute approximate surface area is 156 Å². The van der Waals surface area contributed by atoms with Gasteiger partial charge in [-0.15, -0.1) is 0 Å². The Morgan fingerprint density at radius 2 is 2.00 bits per heavy atom. The fraction of sp³-hybridized carbons (Fsp3) is 0.263. The van der Waals surface area contributed by atoms with Crippen molar-refractivity contribution >= 4 is 5.78 Å². The quantitative estimate of drug-likeness (QED) is 0.671. The second-order valence-electron chi connectivity index (χ2n) is 6.17. The first-order valence-corrected chi connectivity index (χ1v) is 8.70. The molecule has 1 saturated heterocycles. The summed E-state index contributed by atoms with van der Waals surface area (Å²) in [4.78, 5) is 21.7. The number of rotatable bonds is 6. The number of nitrogens with one attached hydrogen (secondary N) is 2. The highest BCUT2D eigenvalue weighted by Crippen LogP contribution is 2.25. The van der Waals surface area contributed by atoms with E-state index in [4.69, 9.17) is 9.26 Å². The Kier molecular flexibility index (Phi) is 4.91. The normalized spacial score (nSPS) is 19.6. The molecule has 138 valence electrons. The number of hydrogen-bond acceptors (Lipinski definition) is 8. The van der Waals surface area contributed by atoms with Crippen LogP contribution in [0.15, 0.2) is 59.3 Å². The minimum atomic E-state index is -1.13. The summed E-state index contributed by atoms with van der Waals surface area (Å²) in [5.74, 6) is 0.991. The standard InChI is InChI=1S/C19H19N5O3/c25-16(12-26-14-6-2-1-3-7-14)19(13-20-10-11-22-19)18-23-17(24-27-18)15-8-4-5-9-21-15/h1-9,20,22H,10-13H2. The molecule has 0 bridgehead atoms. The van der Waals surface area contributed by atoms with E-state index in [2.05, 4.69) is 25.8 Å². The van der Waals surface area contributed by atoms with Gasteiger partial charge in [-0.25, -0.2) is 0 Å². The number of para-hydroxylation sites is 1. The number of aromatic nitrogens is 3. The Morgan fingerprint density at radius 1 is 1.15 bits per heavy atom. The molecule has 1 aliphatic heterocycles. The molecule has 1 atom stereocenters. The van der Waals surface area contributed by atoms with E-state index in [1.165, 1.54) is 0 Å². The van der Waals surface area contributed by atoms with Crippen LogP contribution in [0.5, 0.6) is 5.75 Å². The van der Waals surface area contributed by atoms with E-state index in [-0.39, 0.29) is 18.3 Å². The SMILES string of the molecule is O=C(COc1ccccc1)C1(c2nc(-c3ccccn3)no2)CNCCN1. The number of Topliss-reactive ketones (excluding diaryl/α,β-unsaturated/α-hetero) is 1. The van der Waals surface area contributed by atoms with Crippen LogP contribution >= 0.6 is 0 Å². The van der Waals surface area contributed by atoms with Gasteiger partial charge in [0.2, 0.25) is 11.6 Å². The van der Waals surface area contributed by atoms with Crippen LogP contribution in [0.3, 0.4) is 0 Å². The van der Waals surface area contributed by atoms with E-state index in [0.717, 1.165) is 6.54 Å². The Balaban J connectivity index is 1.58. The minimum absolute atomic E-state index is 0.111. The fourth-order valence-electron chi connectivity index (χ4n) is 2.96. The highest BCUT2D eigenvalue weighted by Gasteiger charge is 2.46. The van der Waals surface area contributed by atoms with E-state index >= 15 is 0 Å². The Bertz CT molecular complexity index is 892. The highest BCUT2D eigenvalue weighted by molar-refractivity contribution is 5.90. The number of ether oxygens (including phenoxy) is 1. The van der Waals surface area contributed by atoms with E-state index < -0.39 is 5.54 Å². The Hall–Kier alpha value is -3.10. The molecule has 0 spiro atoms. The van der Waals surface area contributed by atoms with Crippen LogP contribution in [0, 0.1) is 0 Å². The van der Waals surface area contributed by atoms with Crippen LogP contribution in [-0.4, -0.2) is 47.1 Å². The van der Waals surface area contributed by atoms with Gasteiger partial charge in [-0.3, -0.25) is 15.1 Å². The van der Waals surface area contributed by atoms with Gasteiger partial charge in [-0.1, -0.05) is 29.4 Å². The number of carbonyl (C=O) groups is 1. The van der Waals surface area contributed by atoms with Crippen LogP contribution in [0.25, 0.3) is 11.5 Å². The summed E-state index contributed by atoms with van der Waals surface area (Å²) in [6.45, 7) is 1.57. The number of benzene rings is 1. The van der Waals surface area contributed by atoms with Crippen LogP contribution in [-0.2, 0) is 10.3 Å². The molecule has 8 nitrogen and oxygen atoms in total. The molecule has 8 heteroatoms. The van der Waals surface area contributed by atoms with E-state index in [0.29, 0.717) is 30.4 Å². The first kappa shape index (κ1) is 17.3. The molecule has 1 aromatic carbocycles. The smallest absolute Gasteiger partial charge is 0.256 e. The lowest BCUT2D eigenvalue weighted by molar-refractivity contribution is -0.129. The molecule has 0 aliphatic carbocycles. The zero-order chi connectivity index (χ0) is 18.5. The first-order chi connectivity index (χ1) is 13.3. The molecule has 2 N–H and O–H groups in total. The summed E-state index contributed by atoms with van der Waals surface area (Å²) >= 11 is 0. The van der Waals surface area contributed by atoms with Gasteiger partial charge in [0.05, 0.1) is 0 Å². The van der Waals surface area contributed by atoms with Crippen molar-refractivity contribution in [1.29, 1.82) is 0 Å². The molecule has 1 fully saturated rings. The van der Waals surface area contributed by atoms with Crippen LogP contribution < -0.4 is 15.4 Å². The molecule has 0 amide bonds. The molecule has 3 aromatic rings. The zero-order valence-electron chi connectivity index (χ0n) is 14.6. The number of hydrogen-bond donors (Lipinski definition) is 2. The van der Waals surface area contributed by atoms with Crippen molar-refractivity contribution in [1.82, 2.24) is 25.8 Å². The summed E-state index contributed by atoms with van der Waals surface area (Å²) in [6, 6.07) is 14.6. The average molecular weight is 365 g/mol. The van der Waals surface area contributed by atoms with Gasteiger partial charge < -0.3 is 14.6 Å². The van der Waals surface area contributed by atoms with Gasteiger partial charge in [-0.05, 0) is 24.3 Å². The van der Waals surface area contributed by atoms with Crippen molar-refractivity contribution in [2.75, 3.05) is 26.2 Å². The summed E-state index contributed by atoms with van der Waals surface area (Å²) in [6.07, 6.45) is 1.65. The minimum Gasteiger partial charge on any atom is -0.486 e. The fourth-order valence-corrected chi connectivity index (χ4v) is 2.96. The van der Waals surface area contributed by atoms with Gasteiger partial charge >= 0.3 is 0 Å². The lowest BCUT2D eigenvalue weighted by Crippen LogP contribution is -2.62. The third-order valence-corrected chi connectivity index (χ3v) is 4.39. The second-order valence-corrected chi connectivity index (χ2v) is 6.17. The number of pyridine rings is 1. The van der Waals surface area contributed by atoms with Gasteiger partial charge in [-0.2, -0.15) is 4.98 Å². The number of nitrogens with zero attached hydrogens (tertiary/aromatic N) is 3. The van der Waals surface area contributed by atoms with E-state index in [9.17, 15) is 4.79 Å². The third kappa shape index (κ3) is 3.57. The van der Waals surface area contributed by atoms with Crippen molar-refractivity contribution < 1.29 is 14.1 Å². The zero-order valence-corrected chi connectivity index (χ0v) is 14.6. The maximum absolute atomic E-state index is 13.1. The monoisotopic (exact) mass is 365 g/mol.